The summed E-state index contributed by atoms with van der Waals surface area (Å²) < 4.78 is 26.4. The van der Waals surface area contributed by atoms with E-state index in [1.54, 1.807) is 18.2 Å². The molecule has 0 heterocycles. The van der Waals surface area contributed by atoms with E-state index in [2.05, 4.69) is 4.72 Å². The number of phenols is 1. The molecule has 0 saturated carbocycles. The number of nitrogen functional groups attached to an aromatic ring is 1. The molecule has 4 N–H and O–H groups in total. The molecule has 0 aromatic heterocycles. The molecule has 0 radical (unpaired) electrons. The van der Waals surface area contributed by atoms with Crippen LogP contribution in [0.15, 0.2) is 53.4 Å². The van der Waals surface area contributed by atoms with Crippen LogP contribution in [0, 0.1) is 0 Å². The zero-order chi connectivity index (χ0) is 13.2. The molecule has 18 heavy (non-hydrogen) atoms. The van der Waals surface area contributed by atoms with Crippen LogP contribution in [-0.4, -0.2) is 13.5 Å². The quantitative estimate of drug-likeness (QED) is 0.737. The zero-order valence-electron chi connectivity index (χ0n) is 9.37. The number of hydrogen-bond donors (Lipinski definition) is 3. The first-order valence-corrected chi connectivity index (χ1v) is 6.63. The number of benzene rings is 2. The fourth-order valence-electron chi connectivity index (χ4n) is 1.44. The van der Waals surface area contributed by atoms with Crippen LogP contribution in [0.4, 0.5) is 11.4 Å². The maximum atomic E-state index is 12.0. The summed E-state index contributed by atoms with van der Waals surface area (Å²) in [7, 11) is -3.66. The van der Waals surface area contributed by atoms with Crippen molar-refractivity contribution >= 4 is 21.4 Å². The summed E-state index contributed by atoms with van der Waals surface area (Å²) in [6.07, 6.45) is 0. The smallest absolute Gasteiger partial charge is 0.261 e. The minimum absolute atomic E-state index is 0.0119. The van der Waals surface area contributed by atoms with Gasteiger partial charge in [0.25, 0.3) is 10.0 Å². The molecule has 0 amide bonds. The van der Waals surface area contributed by atoms with Crippen molar-refractivity contribution in [3.8, 4) is 5.75 Å². The van der Waals surface area contributed by atoms with Gasteiger partial charge in [-0.2, -0.15) is 0 Å². The Morgan fingerprint density at radius 2 is 1.72 bits per heavy atom. The second-order valence-electron chi connectivity index (χ2n) is 3.72. The average Bonchev–Trinajstić information content (AvgIpc) is 2.29. The van der Waals surface area contributed by atoms with Crippen molar-refractivity contribution in [3.05, 3.63) is 48.5 Å². The van der Waals surface area contributed by atoms with Crippen molar-refractivity contribution < 1.29 is 13.5 Å². The Morgan fingerprint density at radius 3 is 2.33 bits per heavy atom. The molecular formula is C12H12N2O3S. The van der Waals surface area contributed by atoms with E-state index in [1.807, 2.05) is 0 Å². The van der Waals surface area contributed by atoms with Gasteiger partial charge < -0.3 is 10.8 Å². The highest BCUT2D eigenvalue weighted by Gasteiger charge is 2.13. The van der Waals surface area contributed by atoms with E-state index in [1.165, 1.54) is 30.3 Å². The lowest BCUT2D eigenvalue weighted by atomic mass is 10.3. The van der Waals surface area contributed by atoms with Crippen LogP contribution in [0.2, 0.25) is 0 Å². The lowest BCUT2D eigenvalue weighted by Crippen LogP contribution is -2.12. The zero-order valence-corrected chi connectivity index (χ0v) is 10.2. The molecule has 0 aliphatic rings. The number of phenolic OH excluding ortho intramolecular Hbond substituents is 1. The predicted molar refractivity (Wildman–Crippen MR) is 69.8 cm³/mol. The lowest BCUT2D eigenvalue weighted by Gasteiger charge is -2.08. The van der Waals surface area contributed by atoms with E-state index in [0.717, 1.165) is 0 Å². The molecule has 2 aromatic rings. The van der Waals surface area contributed by atoms with Gasteiger partial charge in [0.05, 0.1) is 10.6 Å². The Kier molecular flexibility index (Phi) is 3.12. The van der Waals surface area contributed by atoms with Crippen LogP contribution in [0.1, 0.15) is 0 Å². The topological polar surface area (TPSA) is 92.4 Å². The molecule has 6 heteroatoms. The second-order valence-corrected chi connectivity index (χ2v) is 5.41. The Morgan fingerprint density at radius 1 is 1.06 bits per heavy atom. The van der Waals surface area contributed by atoms with Gasteiger partial charge in [0.1, 0.15) is 5.75 Å². The van der Waals surface area contributed by atoms with Gasteiger partial charge in [-0.15, -0.1) is 0 Å². The molecule has 0 fully saturated rings. The summed E-state index contributed by atoms with van der Waals surface area (Å²) in [5.74, 6) is 0.0119. The Hall–Kier alpha value is -2.21. The summed E-state index contributed by atoms with van der Waals surface area (Å²) in [6, 6.07) is 11.7. The summed E-state index contributed by atoms with van der Waals surface area (Å²) in [6.45, 7) is 0. The highest BCUT2D eigenvalue weighted by molar-refractivity contribution is 7.92. The predicted octanol–water partition coefficient (Wildman–Crippen LogP) is 1.78. The second kappa shape index (κ2) is 4.58. The van der Waals surface area contributed by atoms with Crippen LogP contribution < -0.4 is 10.5 Å². The molecule has 94 valence electrons. The van der Waals surface area contributed by atoms with E-state index >= 15 is 0 Å². The molecule has 0 aliphatic heterocycles. The molecular weight excluding hydrogens is 252 g/mol. The number of aromatic hydroxyl groups is 1. The van der Waals surface area contributed by atoms with Crippen LogP contribution in [0.5, 0.6) is 5.75 Å². The van der Waals surface area contributed by atoms with Crippen LogP contribution in [-0.2, 0) is 10.0 Å². The largest absolute Gasteiger partial charge is 0.508 e. The minimum Gasteiger partial charge on any atom is -0.508 e. The molecule has 2 rings (SSSR count). The van der Waals surface area contributed by atoms with E-state index < -0.39 is 10.0 Å². The third-order valence-electron chi connectivity index (χ3n) is 2.29. The van der Waals surface area contributed by atoms with Crippen molar-refractivity contribution in [2.24, 2.45) is 0 Å². The third kappa shape index (κ3) is 2.72. The number of nitrogens with one attached hydrogen (secondary N) is 1. The van der Waals surface area contributed by atoms with E-state index in [-0.39, 0.29) is 10.6 Å². The third-order valence-corrected chi connectivity index (χ3v) is 3.68. The first-order valence-electron chi connectivity index (χ1n) is 5.15. The summed E-state index contributed by atoms with van der Waals surface area (Å²) in [4.78, 5) is 0.0720. The van der Waals surface area contributed by atoms with Gasteiger partial charge in [-0.1, -0.05) is 6.07 Å². The molecule has 0 saturated heterocycles. The van der Waals surface area contributed by atoms with Gasteiger partial charge in [0, 0.05) is 5.69 Å². The normalized spacial score (nSPS) is 11.1. The maximum Gasteiger partial charge on any atom is 0.261 e. The fourth-order valence-corrected chi connectivity index (χ4v) is 2.49. The highest BCUT2D eigenvalue weighted by atomic mass is 32.2. The van der Waals surface area contributed by atoms with Crippen molar-refractivity contribution in [1.29, 1.82) is 0 Å². The molecule has 0 aliphatic carbocycles. The van der Waals surface area contributed by atoms with Gasteiger partial charge in [0.15, 0.2) is 0 Å². The molecule has 2 aromatic carbocycles. The number of sulfonamides is 1. The standard InChI is InChI=1S/C12H12N2O3S/c13-9-2-1-3-10(8-9)14-18(16,17)12-6-4-11(15)5-7-12/h1-8,14-15H,13H2. The van der Waals surface area contributed by atoms with Crippen molar-refractivity contribution in [1.82, 2.24) is 0 Å². The Bertz CT molecular complexity index is 651. The van der Waals surface area contributed by atoms with E-state index in [0.29, 0.717) is 11.4 Å². The van der Waals surface area contributed by atoms with Gasteiger partial charge >= 0.3 is 0 Å². The van der Waals surface area contributed by atoms with Crippen molar-refractivity contribution in [2.75, 3.05) is 10.5 Å². The van der Waals surface area contributed by atoms with Gasteiger partial charge in [-0.05, 0) is 42.5 Å². The van der Waals surface area contributed by atoms with Gasteiger partial charge in [-0.25, -0.2) is 8.42 Å². The first kappa shape index (κ1) is 12.3. The molecule has 0 atom stereocenters. The summed E-state index contributed by atoms with van der Waals surface area (Å²) in [5.41, 5.74) is 6.43. The Labute approximate surface area is 105 Å². The number of nitrogens with two attached hydrogens (primary N) is 1. The SMILES string of the molecule is Nc1cccc(NS(=O)(=O)c2ccc(O)cc2)c1. The lowest BCUT2D eigenvalue weighted by molar-refractivity contribution is 0.475. The van der Waals surface area contributed by atoms with Gasteiger partial charge in [0.2, 0.25) is 0 Å². The molecule has 0 unspecified atom stereocenters. The summed E-state index contributed by atoms with van der Waals surface area (Å²) in [5, 5.41) is 9.12. The number of hydrogen-bond acceptors (Lipinski definition) is 4. The maximum absolute atomic E-state index is 12.0. The molecule has 0 spiro atoms. The number of rotatable bonds is 3. The molecule has 5 nitrogen and oxygen atoms in total. The van der Waals surface area contributed by atoms with Crippen molar-refractivity contribution in [3.63, 3.8) is 0 Å². The van der Waals surface area contributed by atoms with Crippen LogP contribution in [0.3, 0.4) is 0 Å². The number of anilines is 2. The highest BCUT2D eigenvalue weighted by Crippen LogP contribution is 2.19. The summed E-state index contributed by atoms with van der Waals surface area (Å²) >= 11 is 0. The van der Waals surface area contributed by atoms with Crippen LogP contribution in [0.25, 0.3) is 0 Å². The van der Waals surface area contributed by atoms with Gasteiger partial charge in [-0.3, -0.25) is 4.72 Å². The van der Waals surface area contributed by atoms with E-state index in [9.17, 15) is 8.42 Å². The molecule has 0 bridgehead atoms. The first-order chi connectivity index (χ1) is 8.47. The Balaban J connectivity index is 2.30. The monoisotopic (exact) mass is 264 g/mol. The minimum atomic E-state index is -3.66. The van der Waals surface area contributed by atoms with E-state index in [4.69, 9.17) is 10.8 Å². The van der Waals surface area contributed by atoms with Crippen molar-refractivity contribution in [2.45, 2.75) is 4.90 Å². The van der Waals surface area contributed by atoms with Crippen LogP contribution >= 0.6 is 0 Å². The fraction of sp³-hybridized carbons (Fsp3) is 0. The average molecular weight is 264 g/mol.